The van der Waals surface area contributed by atoms with Gasteiger partial charge in [0, 0.05) is 32.3 Å². The van der Waals surface area contributed by atoms with Gasteiger partial charge in [-0.05, 0) is 17.7 Å². The molecular weight excluding hydrogens is 318 g/mol. The molecule has 0 spiro atoms. The van der Waals surface area contributed by atoms with Gasteiger partial charge in [0.25, 0.3) is 5.91 Å². The zero-order valence-corrected chi connectivity index (χ0v) is 14.2. The third-order valence-electron chi connectivity index (χ3n) is 3.64. The maximum absolute atomic E-state index is 11.8. The van der Waals surface area contributed by atoms with Crippen molar-refractivity contribution in [2.45, 2.75) is 6.10 Å². The minimum Gasteiger partial charge on any atom is -0.375 e. The van der Waals surface area contributed by atoms with E-state index in [1.165, 1.54) is 0 Å². The van der Waals surface area contributed by atoms with Crippen LogP contribution in [0.25, 0.3) is 0 Å². The highest BCUT2D eigenvalue weighted by Gasteiger charge is 2.11. The molecule has 6 nitrogen and oxygen atoms in total. The van der Waals surface area contributed by atoms with Crippen molar-refractivity contribution in [1.29, 1.82) is 0 Å². The average molecular weight is 341 g/mol. The van der Waals surface area contributed by atoms with E-state index in [0.717, 1.165) is 5.56 Å². The second kappa shape index (κ2) is 10.1. The fraction of sp³-hybridized carbons (Fsp3) is 0.263. The molecule has 6 heteroatoms. The summed E-state index contributed by atoms with van der Waals surface area (Å²) in [6.07, 6.45) is -0.204. The molecule has 0 radical (unpaired) electrons. The number of ether oxygens (including phenoxy) is 1. The molecule has 132 valence electrons. The Morgan fingerprint density at radius 2 is 1.48 bits per heavy atom. The molecule has 0 aliphatic rings. The Morgan fingerprint density at radius 3 is 2.12 bits per heavy atom. The van der Waals surface area contributed by atoms with Gasteiger partial charge in [0.1, 0.15) is 0 Å². The van der Waals surface area contributed by atoms with E-state index in [2.05, 4.69) is 16.0 Å². The standard InChI is InChI=1S/C19H23N3O3/c1-25-17(15-8-4-2-5-9-15)14-22-19(24)21-13-12-20-18(23)16-10-6-3-7-11-16/h2-11,17H,12-14H2,1H3,(H,20,23)(H2,21,22,24). The Balaban J connectivity index is 1.64. The molecule has 3 amide bonds. The van der Waals surface area contributed by atoms with Gasteiger partial charge in [-0.15, -0.1) is 0 Å². The molecule has 0 heterocycles. The first kappa shape index (κ1) is 18.5. The Kier molecular flexibility index (Phi) is 7.46. The number of rotatable bonds is 8. The summed E-state index contributed by atoms with van der Waals surface area (Å²) in [6, 6.07) is 18.3. The second-order valence-electron chi connectivity index (χ2n) is 5.39. The Labute approximate surface area is 147 Å². The number of urea groups is 1. The van der Waals surface area contributed by atoms with E-state index in [4.69, 9.17) is 4.74 Å². The Morgan fingerprint density at radius 1 is 0.880 bits per heavy atom. The van der Waals surface area contributed by atoms with E-state index in [-0.39, 0.29) is 18.0 Å². The monoisotopic (exact) mass is 341 g/mol. The van der Waals surface area contributed by atoms with Crippen LogP contribution in [0.5, 0.6) is 0 Å². The van der Waals surface area contributed by atoms with Crippen molar-refractivity contribution < 1.29 is 14.3 Å². The smallest absolute Gasteiger partial charge is 0.314 e. The fourth-order valence-electron chi connectivity index (χ4n) is 2.30. The van der Waals surface area contributed by atoms with Crippen LogP contribution in [0.3, 0.4) is 0 Å². The van der Waals surface area contributed by atoms with E-state index in [9.17, 15) is 9.59 Å². The first-order valence-corrected chi connectivity index (χ1v) is 8.13. The van der Waals surface area contributed by atoms with Crippen LogP contribution in [0.15, 0.2) is 60.7 Å². The molecule has 2 aromatic carbocycles. The van der Waals surface area contributed by atoms with Crippen LogP contribution >= 0.6 is 0 Å². The van der Waals surface area contributed by atoms with Gasteiger partial charge < -0.3 is 20.7 Å². The summed E-state index contributed by atoms with van der Waals surface area (Å²) in [4.78, 5) is 23.7. The van der Waals surface area contributed by atoms with Gasteiger partial charge in [0.15, 0.2) is 0 Å². The van der Waals surface area contributed by atoms with Gasteiger partial charge in [0.2, 0.25) is 0 Å². The molecule has 0 aliphatic heterocycles. The summed E-state index contributed by atoms with van der Waals surface area (Å²) in [5.74, 6) is -0.161. The van der Waals surface area contributed by atoms with Crippen molar-refractivity contribution in [2.24, 2.45) is 0 Å². The summed E-state index contributed by atoms with van der Waals surface area (Å²) in [6.45, 7) is 1.06. The summed E-state index contributed by atoms with van der Waals surface area (Å²) >= 11 is 0. The maximum atomic E-state index is 11.8. The zero-order chi connectivity index (χ0) is 17.9. The predicted molar refractivity (Wildman–Crippen MR) is 96.4 cm³/mol. The van der Waals surface area contributed by atoms with E-state index < -0.39 is 0 Å². The quantitative estimate of drug-likeness (QED) is 0.643. The minimum absolute atomic E-state index is 0.161. The molecule has 0 saturated carbocycles. The lowest BCUT2D eigenvalue weighted by molar-refractivity contribution is 0.0953. The molecule has 0 bridgehead atoms. The molecule has 0 saturated heterocycles. The zero-order valence-electron chi connectivity index (χ0n) is 14.2. The highest BCUT2D eigenvalue weighted by Crippen LogP contribution is 2.14. The summed E-state index contributed by atoms with van der Waals surface area (Å²) in [5.41, 5.74) is 1.60. The molecule has 25 heavy (non-hydrogen) atoms. The SMILES string of the molecule is COC(CNC(=O)NCCNC(=O)c1ccccc1)c1ccccc1. The van der Waals surface area contributed by atoms with Gasteiger partial charge in [-0.1, -0.05) is 48.5 Å². The highest BCUT2D eigenvalue weighted by atomic mass is 16.5. The molecule has 2 rings (SSSR count). The van der Waals surface area contributed by atoms with Crippen LogP contribution in [0.4, 0.5) is 4.79 Å². The van der Waals surface area contributed by atoms with Crippen LogP contribution in [-0.2, 0) is 4.74 Å². The van der Waals surface area contributed by atoms with Crippen molar-refractivity contribution in [2.75, 3.05) is 26.7 Å². The van der Waals surface area contributed by atoms with Gasteiger partial charge >= 0.3 is 6.03 Å². The van der Waals surface area contributed by atoms with Gasteiger partial charge in [-0.3, -0.25) is 4.79 Å². The molecule has 1 atom stereocenters. The molecule has 0 fully saturated rings. The first-order valence-electron chi connectivity index (χ1n) is 8.13. The van der Waals surface area contributed by atoms with Crippen molar-refractivity contribution in [3.8, 4) is 0 Å². The van der Waals surface area contributed by atoms with Crippen LogP contribution in [0.2, 0.25) is 0 Å². The number of methoxy groups -OCH3 is 1. The fourth-order valence-corrected chi connectivity index (χ4v) is 2.30. The number of amides is 3. The van der Waals surface area contributed by atoms with Crippen LogP contribution in [0, 0.1) is 0 Å². The van der Waals surface area contributed by atoms with Gasteiger partial charge in [-0.2, -0.15) is 0 Å². The first-order chi connectivity index (χ1) is 12.2. The summed E-state index contributed by atoms with van der Waals surface area (Å²) in [7, 11) is 1.61. The lowest BCUT2D eigenvalue weighted by Gasteiger charge is -2.16. The summed E-state index contributed by atoms with van der Waals surface area (Å²) in [5, 5.41) is 8.21. The third-order valence-corrected chi connectivity index (χ3v) is 3.64. The molecule has 1 unspecified atom stereocenters. The number of carbonyl (C=O) groups is 2. The van der Waals surface area contributed by atoms with Crippen LogP contribution in [0.1, 0.15) is 22.0 Å². The van der Waals surface area contributed by atoms with Crippen molar-refractivity contribution in [3.05, 3.63) is 71.8 Å². The van der Waals surface area contributed by atoms with Crippen molar-refractivity contribution in [1.82, 2.24) is 16.0 Å². The van der Waals surface area contributed by atoms with E-state index >= 15 is 0 Å². The van der Waals surface area contributed by atoms with Gasteiger partial charge in [0.05, 0.1) is 6.10 Å². The normalized spacial score (nSPS) is 11.4. The molecule has 0 aromatic heterocycles. The minimum atomic E-state index is -0.299. The van der Waals surface area contributed by atoms with E-state index in [1.54, 1.807) is 31.4 Å². The molecule has 3 N–H and O–H groups in total. The topological polar surface area (TPSA) is 79.5 Å². The number of carbonyl (C=O) groups excluding carboxylic acids is 2. The van der Waals surface area contributed by atoms with Crippen molar-refractivity contribution in [3.63, 3.8) is 0 Å². The lowest BCUT2D eigenvalue weighted by Crippen LogP contribution is -2.41. The van der Waals surface area contributed by atoms with Crippen LogP contribution in [-0.4, -0.2) is 38.7 Å². The predicted octanol–water partition coefficient (Wildman–Crippen LogP) is 2.10. The highest BCUT2D eigenvalue weighted by molar-refractivity contribution is 5.94. The molecule has 2 aromatic rings. The number of hydrogen-bond acceptors (Lipinski definition) is 3. The second-order valence-corrected chi connectivity index (χ2v) is 5.39. The van der Waals surface area contributed by atoms with E-state index in [1.807, 2.05) is 36.4 Å². The Hall–Kier alpha value is -2.86. The average Bonchev–Trinajstić information content (AvgIpc) is 2.67. The largest absolute Gasteiger partial charge is 0.375 e. The molecule has 0 aliphatic carbocycles. The Bertz CT molecular complexity index is 662. The maximum Gasteiger partial charge on any atom is 0.314 e. The number of nitrogens with one attached hydrogen (secondary N) is 3. The lowest BCUT2D eigenvalue weighted by atomic mass is 10.1. The van der Waals surface area contributed by atoms with Crippen molar-refractivity contribution >= 4 is 11.9 Å². The van der Waals surface area contributed by atoms with Gasteiger partial charge in [-0.25, -0.2) is 4.79 Å². The summed E-state index contributed by atoms with van der Waals surface area (Å²) < 4.78 is 5.39. The number of benzene rings is 2. The number of hydrogen-bond donors (Lipinski definition) is 3. The van der Waals surface area contributed by atoms with Crippen LogP contribution < -0.4 is 16.0 Å². The third kappa shape index (κ3) is 6.27. The van der Waals surface area contributed by atoms with E-state index in [0.29, 0.717) is 25.2 Å². The molecular formula is C19H23N3O3.